The Kier molecular flexibility index (Phi) is 4.34. The molecule has 2 aliphatic heterocycles. The number of aromatic nitrogens is 2. The topological polar surface area (TPSA) is 84.4 Å². The van der Waals surface area contributed by atoms with Crippen LogP contribution in [0.25, 0.3) is 0 Å². The fraction of sp³-hybridized carbons (Fsp3) is 0.333. The molecular formula is C18H17FN4O3. The molecule has 3 atom stereocenters. The monoisotopic (exact) mass is 356 g/mol. The van der Waals surface area contributed by atoms with Gasteiger partial charge in [-0.3, -0.25) is 14.6 Å². The predicted octanol–water partition coefficient (Wildman–Crippen LogP) is 0.739. The Hall–Kier alpha value is -2.87. The molecule has 0 saturated carbocycles. The summed E-state index contributed by atoms with van der Waals surface area (Å²) < 4.78 is 19.1. The van der Waals surface area contributed by atoms with E-state index in [2.05, 4.69) is 15.3 Å². The van der Waals surface area contributed by atoms with Crippen molar-refractivity contribution in [2.45, 2.75) is 18.1 Å². The van der Waals surface area contributed by atoms with Crippen LogP contribution in [0, 0.1) is 5.82 Å². The van der Waals surface area contributed by atoms with Crippen LogP contribution in [0.3, 0.4) is 0 Å². The highest BCUT2D eigenvalue weighted by atomic mass is 19.1. The van der Waals surface area contributed by atoms with Gasteiger partial charge >= 0.3 is 0 Å². The van der Waals surface area contributed by atoms with E-state index in [4.69, 9.17) is 4.74 Å². The third kappa shape index (κ3) is 3.03. The van der Waals surface area contributed by atoms with E-state index in [9.17, 15) is 14.0 Å². The summed E-state index contributed by atoms with van der Waals surface area (Å²) in [6, 6.07) is 5.83. The molecule has 0 spiro atoms. The minimum Gasteiger partial charge on any atom is -0.365 e. The average molecular weight is 356 g/mol. The molecule has 26 heavy (non-hydrogen) atoms. The van der Waals surface area contributed by atoms with E-state index in [0.717, 1.165) is 5.56 Å². The van der Waals surface area contributed by atoms with Gasteiger partial charge in [0.15, 0.2) is 0 Å². The third-order valence-electron chi connectivity index (χ3n) is 4.83. The summed E-state index contributed by atoms with van der Waals surface area (Å²) in [4.78, 5) is 34.3. The normalized spacial score (nSPS) is 25.3. The lowest BCUT2D eigenvalue weighted by Gasteiger charge is -2.25. The van der Waals surface area contributed by atoms with Gasteiger partial charge in [0.05, 0.1) is 18.3 Å². The Morgan fingerprint density at radius 1 is 1.27 bits per heavy atom. The van der Waals surface area contributed by atoms with Crippen molar-refractivity contribution >= 4 is 11.8 Å². The fourth-order valence-corrected chi connectivity index (χ4v) is 3.59. The zero-order valence-corrected chi connectivity index (χ0v) is 13.8. The first-order valence-corrected chi connectivity index (χ1v) is 8.34. The molecular weight excluding hydrogens is 339 g/mol. The second kappa shape index (κ2) is 6.80. The Bertz CT molecular complexity index is 815. The Morgan fingerprint density at radius 2 is 2.08 bits per heavy atom. The number of ether oxygens (including phenoxy) is 1. The van der Waals surface area contributed by atoms with Crippen molar-refractivity contribution in [2.24, 2.45) is 0 Å². The molecule has 2 amide bonds. The van der Waals surface area contributed by atoms with E-state index in [1.165, 1.54) is 30.7 Å². The summed E-state index contributed by atoms with van der Waals surface area (Å²) in [5, 5.41) is 2.78. The Morgan fingerprint density at radius 3 is 2.81 bits per heavy atom. The van der Waals surface area contributed by atoms with Crippen molar-refractivity contribution in [3.8, 4) is 0 Å². The largest absolute Gasteiger partial charge is 0.365 e. The quantitative estimate of drug-likeness (QED) is 0.858. The van der Waals surface area contributed by atoms with Crippen LogP contribution in [-0.2, 0) is 9.53 Å². The first-order valence-electron chi connectivity index (χ1n) is 8.34. The predicted molar refractivity (Wildman–Crippen MR) is 88.7 cm³/mol. The van der Waals surface area contributed by atoms with Crippen LogP contribution in [-0.4, -0.2) is 58.5 Å². The van der Waals surface area contributed by atoms with Crippen LogP contribution in [0.15, 0.2) is 42.9 Å². The first-order chi connectivity index (χ1) is 12.6. The maximum Gasteiger partial charge on any atom is 0.274 e. The van der Waals surface area contributed by atoms with Crippen molar-refractivity contribution in [2.75, 3.05) is 19.7 Å². The van der Waals surface area contributed by atoms with Gasteiger partial charge in [0.1, 0.15) is 18.1 Å². The average Bonchev–Trinajstić information content (AvgIpc) is 2.92. The molecule has 7 nitrogen and oxygen atoms in total. The molecule has 2 fully saturated rings. The SMILES string of the molecule is O=C1CO[C@@H]2[C@@H](c3ccc(F)cc3)CN(C(=O)c3cnccn3)[C@@H]2CN1. The molecule has 134 valence electrons. The van der Waals surface area contributed by atoms with E-state index >= 15 is 0 Å². The van der Waals surface area contributed by atoms with Gasteiger partial charge in [-0.05, 0) is 17.7 Å². The molecule has 4 rings (SSSR count). The number of nitrogens with one attached hydrogen (secondary N) is 1. The van der Waals surface area contributed by atoms with E-state index in [0.29, 0.717) is 13.1 Å². The summed E-state index contributed by atoms with van der Waals surface area (Å²) >= 11 is 0. The van der Waals surface area contributed by atoms with E-state index in [1.54, 1.807) is 17.0 Å². The van der Waals surface area contributed by atoms with Gasteiger partial charge in [-0.15, -0.1) is 0 Å². The van der Waals surface area contributed by atoms with Gasteiger partial charge in [0.25, 0.3) is 5.91 Å². The Balaban J connectivity index is 1.67. The molecule has 1 aromatic heterocycles. The maximum absolute atomic E-state index is 13.3. The van der Waals surface area contributed by atoms with Gasteiger partial charge < -0.3 is 15.0 Å². The number of hydrogen-bond acceptors (Lipinski definition) is 5. The lowest BCUT2D eigenvalue weighted by Crippen LogP contribution is -2.45. The lowest BCUT2D eigenvalue weighted by molar-refractivity contribution is -0.125. The molecule has 0 radical (unpaired) electrons. The number of fused-ring (bicyclic) bond motifs is 1. The number of rotatable bonds is 2. The molecule has 1 N–H and O–H groups in total. The highest BCUT2D eigenvalue weighted by Crippen LogP contribution is 2.35. The second-order valence-corrected chi connectivity index (χ2v) is 6.35. The molecule has 1 aromatic carbocycles. The summed E-state index contributed by atoms with van der Waals surface area (Å²) in [5.41, 5.74) is 1.10. The van der Waals surface area contributed by atoms with Crippen LogP contribution in [0.1, 0.15) is 22.0 Å². The number of nitrogens with zero attached hydrogens (tertiary/aromatic N) is 3. The third-order valence-corrected chi connectivity index (χ3v) is 4.83. The van der Waals surface area contributed by atoms with Gasteiger partial charge in [-0.1, -0.05) is 12.1 Å². The summed E-state index contributed by atoms with van der Waals surface area (Å²) in [5.74, 6) is -0.968. The molecule has 8 heteroatoms. The highest BCUT2D eigenvalue weighted by Gasteiger charge is 2.47. The molecule has 0 unspecified atom stereocenters. The first kappa shape index (κ1) is 16.6. The minimum absolute atomic E-state index is 0.0635. The van der Waals surface area contributed by atoms with Gasteiger partial charge in [0.2, 0.25) is 5.91 Å². The van der Waals surface area contributed by atoms with Crippen molar-refractivity contribution in [3.63, 3.8) is 0 Å². The number of amides is 2. The van der Waals surface area contributed by atoms with Gasteiger partial charge in [-0.2, -0.15) is 0 Å². The molecule has 0 aliphatic carbocycles. The van der Waals surface area contributed by atoms with Crippen LogP contribution < -0.4 is 5.32 Å². The van der Waals surface area contributed by atoms with Crippen LogP contribution >= 0.6 is 0 Å². The van der Waals surface area contributed by atoms with Gasteiger partial charge in [0, 0.05) is 31.4 Å². The fourth-order valence-electron chi connectivity index (χ4n) is 3.59. The van der Waals surface area contributed by atoms with Crippen molar-refractivity contribution in [3.05, 3.63) is 59.9 Å². The molecule has 3 heterocycles. The smallest absolute Gasteiger partial charge is 0.274 e. The van der Waals surface area contributed by atoms with Crippen LogP contribution in [0.2, 0.25) is 0 Å². The summed E-state index contributed by atoms with van der Waals surface area (Å²) in [6.45, 7) is 0.630. The highest BCUT2D eigenvalue weighted by molar-refractivity contribution is 5.92. The molecule has 0 bridgehead atoms. The van der Waals surface area contributed by atoms with Crippen molar-refractivity contribution in [1.82, 2.24) is 20.2 Å². The van der Waals surface area contributed by atoms with Gasteiger partial charge in [-0.25, -0.2) is 9.37 Å². The maximum atomic E-state index is 13.3. The van der Waals surface area contributed by atoms with E-state index < -0.39 is 0 Å². The zero-order valence-electron chi connectivity index (χ0n) is 13.8. The van der Waals surface area contributed by atoms with Crippen LogP contribution in [0.4, 0.5) is 4.39 Å². The number of hydrogen-bond donors (Lipinski definition) is 1. The molecule has 2 aromatic rings. The second-order valence-electron chi connectivity index (χ2n) is 6.35. The zero-order chi connectivity index (χ0) is 18.1. The van der Waals surface area contributed by atoms with Crippen molar-refractivity contribution in [1.29, 1.82) is 0 Å². The van der Waals surface area contributed by atoms with E-state index in [-0.39, 0.29) is 48.0 Å². The summed E-state index contributed by atoms with van der Waals surface area (Å²) in [7, 11) is 0. The standard InChI is InChI=1S/C18H17FN4O3/c19-12-3-1-11(2-4-12)13-9-23(18(25)14-7-20-5-6-21-14)15-8-22-16(24)10-26-17(13)15/h1-7,13,15,17H,8-10H2,(H,22,24)/t13-,15-,17-/m1/s1. The number of benzene rings is 1. The number of likely N-dealkylation sites (tertiary alicyclic amines) is 1. The lowest BCUT2D eigenvalue weighted by atomic mass is 9.93. The number of carbonyl (C=O) groups excluding carboxylic acids is 2. The number of carbonyl (C=O) groups is 2. The van der Waals surface area contributed by atoms with Crippen molar-refractivity contribution < 1.29 is 18.7 Å². The Labute approximate surface area is 149 Å². The minimum atomic E-state index is -0.361. The number of halogens is 1. The summed E-state index contributed by atoms with van der Waals surface area (Å²) in [6.07, 6.45) is 4.02. The van der Waals surface area contributed by atoms with E-state index in [1.807, 2.05) is 0 Å². The molecule has 2 aliphatic rings. The van der Waals surface area contributed by atoms with Crippen LogP contribution in [0.5, 0.6) is 0 Å². The molecule has 2 saturated heterocycles.